The van der Waals surface area contributed by atoms with E-state index in [4.69, 9.17) is 9.72 Å². The molecular formula is C21H20N8O. The zero-order valence-electron chi connectivity index (χ0n) is 16.5. The minimum atomic E-state index is 0.705. The van der Waals surface area contributed by atoms with Gasteiger partial charge in [0.1, 0.15) is 11.2 Å². The van der Waals surface area contributed by atoms with E-state index in [0.717, 1.165) is 63.5 Å². The number of fused-ring (bicyclic) bond motifs is 2. The second-order valence-corrected chi connectivity index (χ2v) is 7.45. The summed E-state index contributed by atoms with van der Waals surface area (Å²) in [5.74, 6) is 1.61. The van der Waals surface area contributed by atoms with Gasteiger partial charge in [-0.1, -0.05) is 6.07 Å². The largest absolute Gasteiger partial charge is 0.378 e. The smallest absolute Gasteiger partial charge is 0.159 e. The summed E-state index contributed by atoms with van der Waals surface area (Å²) in [4.78, 5) is 15.1. The third-order valence-corrected chi connectivity index (χ3v) is 5.52. The number of aryl methyl sites for hydroxylation is 1. The molecule has 1 saturated heterocycles. The van der Waals surface area contributed by atoms with Gasteiger partial charge in [0, 0.05) is 43.5 Å². The molecular weight excluding hydrogens is 380 g/mol. The summed E-state index contributed by atoms with van der Waals surface area (Å²) in [7, 11) is 1.92. The summed E-state index contributed by atoms with van der Waals surface area (Å²) in [6, 6.07) is 8.18. The number of nitrogens with one attached hydrogen (secondary N) is 2. The van der Waals surface area contributed by atoms with Gasteiger partial charge in [0.05, 0.1) is 30.4 Å². The number of nitrogens with zero attached hydrogens (tertiary/aromatic N) is 6. The lowest BCUT2D eigenvalue weighted by molar-refractivity contribution is 0.122. The zero-order valence-corrected chi connectivity index (χ0v) is 16.5. The normalized spacial score (nSPS) is 14.8. The molecule has 1 aliphatic heterocycles. The fraction of sp³-hybridized carbons (Fsp3) is 0.238. The number of rotatable bonds is 3. The van der Waals surface area contributed by atoms with Gasteiger partial charge < -0.3 is 14.6 Å². The number of pyridine rings is 1. The molecule has 1 aromatic carbocycles. The van der Waals surface area contributed by atoms with Crippen LogP contribution in [0.25, 0.3) is 44.6 Å². The Bertz CT molecular complexity index is 1360. The second-order valence-electron chi connectivity index (χ2n) is 7.45. The number of benzene rings is 1. The molecule has 0 unspecified atom stereocenters. The average Bonchev–Trinajstić information content (AvgIpc) is 3.50. The molecule has 4 aromatic heterocycles. The first kappa shape index (κ1) is 17.2. The van der Waals surface area contributed by atoms with Gasteiger partial charge in [-0.05, 0) is 23.8 Å². The number of aromatic nitrogens is 7. The molecule has 0 aliphatic carbocycles. The number of morpholine rings is 1. The maximum Gasteiger partial charge on any atom is 0.159 e. The van der Waals surface area contributed by atoms with E-state index in [1.54, 1.807) is 4.68 Å². The Morgan fingerprint density at radius 2 is 1.97 bits per heavy atom. The number of H-pyrrole nitrogens is 2. The molecule has 30 heavy (non-hydrogen) atoms. The molecule has 150 valence electrons. The van der Waals surface area contributed by atoms with E-state index in [0.29, 0.717) is 13.2 Å². The lowest BCUT2D eigenvalue weighted by Crippen LogP contribution is -2.36. The second kappa shape index (κ2) is 6.67. The summed E-state index contributed by atoms with van der Waals surface area (Å²) in [6.07, 6.45) is 5.68. The van der Waals surface area contributed by atoms with Gasteiger partial charge in [0.25, 0.3) is 0 Å². The maximum atomic E-state index is 5.48. The number of anilines is 1. The van der Waals surface area contributed by atoms with Gasteiger partial charge in [0.2, 0.25) is 0 Å². The fourth-order valence-electron chi connectivity index (χ4n) is 3.98. The van der Waals surface area contributed by atoms with E-state index < -0.39 is 0 Å². The summed E-state index contributed by atoms with van der Waals surface area (Å²) >= 11 is 0. The van der Waals surface area contributed by atoms with Crippen LogP contribution >= 0.6 is 0 Å². The van der Waals surface area contributed by atoms with Crippen LogP contribution in [-0.2, 0) is 11.8 Å². The monoisotopic (exact) mass is 400 g/mol. The Hall–Kier alpha value is -3.72. The molecule has 0 saturated carbocycles. The Morgan fingerprint density at radius 1 is 1.07 bits per heavy atom. The predicted octanol–water partition coefficient (Wildman–Crippen LogP) is 2.74. The summed E-state index contributed by atoms with van der Waals surface area (Å²) in [5, 5.41) is 13.0. The van der Waals surface area contributed by atoms with Crippen LogP contribution in [-0.4, -0.2) is 61.2 Å². The van der Waals surface area contributed by atoms with Crippen LogP contribution in [0.2, 0.25) is 0 Å². The Labute approximate surface area is 171 Å². The van der Waals surface area contributed by atoms with Gasteiger partial charge in [0.15, 0.2) is 11.6 Å². The average molecular weight is 400 g/mol. The van der Waals surface area contributed by atoms with Crippen molar-refractivity contribution in [2.45, 2.75) is 0 Å². The molecule has 0 spiro atoms. The molecule has 0 radical (unpaired) electrons. The predicted molar refractivity (Wildman–Crippen MR) is 114 cm³/mol. The highest BCUT2D eigenvalue weighted by atomic mass is 16.5. The van der Waals surface area contributed by atoms with E-state index in [1.807, 2.05) is 37.8 Å². The van der Waals surface area contributed by atoms with Crippen LogP contribution in [0.5, 0.6) is 0 Å². The van der Waals surface area contributed by atoms with Crippen molar-refractivity contribution in [3.63, 3.8) is 0 Å². The van der Waals surface area contributed by atoms with E-state index in [2.05, 4.69) is 42.3 Å². The van der Waals surface area contributed by atoms with Crippen LogP contribution in [0, 0.1) is 0 Å². The molecule has 1 fully saturated rings. The standard InChI is InChI=1S/C21H20N8O/c1-28-12-14(11-23-28)13-2-3-16-15(10-13)18(27-26-16)20-24-17-4-5-22-21(19(17)25-20)29-6-8-30-9-7-29/h2-5,10-12H,6-9H2,1H3,(H,24,25)(H,26,27). The zero-order chi connectivity index (χ0) is 20.1. The molecule has 2 N–H and O–H groups in total. The summed E-state index contributed by atoms with van der Waals surface area (Å²) in [6.45, 7) is 3.04. The highest BCUT2D eigenvalue weighted by Crippen LogP contribution is 2.32. The first-order valence-corrected chi connectivity index (χ1v) is 9.91. The van der Waals surface area contributed by atoms with Crippen molar-refractivity contribution in [3.05, 3.63) is 42.9 Å². The number of hydrogen-bond donors (Lipinski definition) is 2. The molecule has 5 heterocycles. The van der Waals surface area contributed by atoms with Crippen LogP contribution in [0.1, 0.15) is 0 Å². The first-order chi connectivity index (χ1) is 14.8. The maximum absolute atomic E-state index is 5.48. The van der Waals surface area contributed by atoms with Crippen molar-refractivity contribution in [2.75, 3.05) is 31.2 Å². The third kappa shape index (κ3) is 2.74. The van der Waals surface area contributed by atoms with Crippen LogP contribution in [0.15, 0.2) is 42.9 Å². The number of imidazole rings is 1. The van der Waals surface area contributed by atoms with E-state index in [1.165, 1.54) is 0 Å². The van der Waals surface area contributed by atoms with Crippen LogP contribution in [0.4, 0.5) is 5.82 Å². The van der Waals surface area contributed by atoms with Crippen molar-refractivity contribution >= 4 is 27.8 Å². The Balaban J connectivity index is 1.47. The molecule has 9 nitrogen and oxygen atoms in total. The lowest BCUT2D eigenvalue weighted by Gasteiger charge is -2.27. The number of ether oxygens (including phenoxy) is 1. The van der Waals surface area contributed by atoms with Crippen molar-refractivity contribution in [1.29, 1.82) is 0 Å². The van der Waals surface area contributed by atoms with E-state index >= 15 is 0 Å². The first-order valence-electron chi connectivity index (χ1n) is 9.91. The van der Waals surface area contributed by atoms with Gasteiger partial charge in [-0.25, -0.2) is 9.97 Å². The highest BCUT2D eigenvalue weighted by Gasteiger charge is 2.20. The molecule has 6 rings (SSSR count). The summed E-state index contributed by atoms with van der Waals surface area (Å²) in [5.41, 5.74) is 5.71. The van der Waals surface area contributed by atoms with Gasteiger partial charge in [-0.3, -0.25) is 9.78 Å². The molecule has 0 atom stereocenters. The molecule has 0 amide bonds. The van der Waals surface area contributed by atoms with Crippen molar-refractivity contribution in [3.8, 4) is 22.6 Å². The van der Waals surface area contributed by atoms with Crippen LogP contribution in [0.3, 0.4) is 0 Å². The van der Waals surface area contributed by atoms with Crippen molar-refractivity contribution in [1.82, 2.24) is 34.9 Å². The minimum Gasteiger partial charge on any atom is -0.378 e. The molecule has 5 aromatic rings. The number of hydrogen-bond acceptors (Lipinski definition) is 6. The SMILES string of the molecule is Cn1cc(-c2ccc3[nH]nc(-c4nc5c(N6CCOCC6)nccc5[nH]4)c3c2)cn1. The fourth-order valence-corrected chi connectivity index (χ4v) is 3.98. The van der Waals surface area contributed by atoms with E-state index in [9.17, 15) is 0 Å². The minimum absolute atomic E-state index is 0.705. The van der Waals surface area contributed by atoms with Crippen molar-refractivity contribution in [2.24, 2.45) is 7.05 Å². The van der Waals surface area contributed by atoms with Crippen molar-refractivity contribution < 1.29 is 4.74 Å². The highest BCUT2D eigenvalue weighted by molar-refractivity contribution is 5.96. The number of aromatic amines is 2. The van der Waals surface area contributed by atoms with Gasteiger partial charge >= 0.3 is 0 Å². The molecule has 1 aliphatic rings. The lowest BCUT2D eigenvalue weighted by atomic mass is 10.1. The van der Waals surface area contributed by atoms with Gasteiger partial charge in [-0.2, -0.15) is 10.2 Å². The Morgan fingerprint density at radius 3 is 2.80 bits per heavy atom. The van der Waals surface area contributed by atoms with Crippen LogP contribution < -0.4 is 4.90 Å². The third-order valence-electron chi connectivity index (χ3n) is 5.52. The van der Waals surface area contributed by atoms with E-state index in [-0.39, 0.29) is 0 Å². The molecule has 9 heteroatoms. The topological polar surface area (TPSA) is 101 Å². The quantitative estimate of drug-likeness (QED) is 0.483. The van der Waals surface area contributed by atoms with Gasteiger partial charge in [-0.15, -0.1) is 0 Å². The molecule has 0 bridgehead atoms. The summed E-state index contributed by atoms with van der Waals surface area (Å²) < 4.78 is 7.28. The Kier molecular flexibility index (Phi) is 3.81.